The smallest absolute Gasteiger partial charge is 0.227 e. The molecule has 0 unspecified atom stereocenters. The summed E-state index contributed by atoms with van der Waals surface area (Å²) in [4.78, 5) is 28.4. The fourth-order valence-electron chi connectivity index (χ4n) is 3.34. The van der Waals surface area contributed by atoms with Crippen molar-refractivity contribution < 1.29 is 18.4 Å². The van der Waals surface area contributed by atoms with Crippen LogP contribution in [0.1, 0.15) is 17.5 Å². The van der Waals surface area contributed by atoms with Gasteiger partial charge in [0.25, 0.3) is 0 Å². The number of hydrogen-bond donors (Lipinski definition) is 0. The Morgan fingerprint density at radius 3 is 1.55 bits per heavy atom. The number of rotatable bonds is 4. The summed E-state index contributed by atoms with van der Waals surface area (Å²) in [6.07, 6.45) is 0.308. The molecule has 2 aromatic rings. The second-order valence-corrected chi connectivity index (χ2v) is 7.68. The monoisotopic (exact) mass is 440 g/mol. The van der Waals surface area contributed by atoms with E-state index < -0.39 is 11.6 Å². The van der Waals surface area contributed by atoms with Gasteiger partial charge in [-0.25, -0.2) is 8.78 Å². The minimum Gasteiger partial charge on any atom is -0.341 e. The van der Waals surface area contributed by atoms with Gasteiger partial charge in [-0.05, 0) is 30.7 Å². The Bertz CT molecular complexity index is 810. The van der Waals surface area contributed by atoms with Crippen LogP contribution >= 0.6 is 23.2 Å². The molecule has 1 aliphatic rings. The summed E-state index contributed by atoms with van der Waals surface area (Å²) in [5.41, 5.74) is 0.344. The molecule has 1 fully saturated rings. The van der Waals surface area contributed by atoms with Crippen LogP contribution in [-0.2, 0) is 22.4 Å². The lowest BCUT2D eigenvalue weighted by Crippen LogP contribution is -2.38. The number of amides is 2. The molecule has 1 aliphatic heterocycles. The normalized spacial score (nSPS) is 14.6. The van der Waals surface area contributed by atoms with Gasteiger partial charge in [-0.15, -0.1) is 0 Å². The van der Waals surface area contributed by atoms with Crippen molar-refractivity contribution in [1.29, 1.82) is 0 Å². The molecular formula is C21H20Cl2F2N2O2. The van der Waals surface area contributed by atoms with Crippen molar-refractivity contribution >= 4 is 35.0 Å². The predicted octanol–water partition coefficient (Wildman–Crippen LogP) is 4.12. The van der Waals surface area contributed by atoms with Crippen molar-refractivity contribution in [2.24, 2.45) is 0 Å². The third-order valence-corrected chi connectivity index (χ3v) is 5.69. The number of benzene rings is 2. The van der Waals surface area contributed by atoms with Crippen LogP contribution in [0.2, 0.25) is 10.0 Å². The molecule has 4 nitrogen and oxygen atoms in total. The van der Waals surface area contributed by atoms with Gasteiger partial charge in [0.1, 0.15) is 11.6 Å². The Morgan fingerprint density at radius 1 is 0.759 bits per heavy atom. The van der Waals surface area contributed by atoms with Crippen LogP contribution in [0.15, 0.2) is 36.4 Å². The van der Waals surface area contributed by atoms with Gasteiger partial charge in [-0.1, -0.05) is 35.3 Å². The summed E-state index contributed by atoms with van der Waals surface area (Å²) in [5, 5.41) is 0.429. The van der Waals surface area contributed by atoms with Crippen LogP contribution in [0.25, 0.3) is 0 Å². The topological polar surface area (TPSA) is 40.6 Å². The molecule has 0 saturated carbocycles. The van der Waals surface area contributed by atoms with E-state index in [1.165, 1.54) is 24.3 Å². The van der Waals surface area contributed by atoms with Gasteiger partial charge >= 0.3 is 0 Å². The van der Waals surface area contributed by atoms with Gasteiger partial charge in [-0.3, -0.25) is 9.59 Å². The number of carbonyl (C=O) groups excluding carboxylic acids is 2. The minimum absolute atomic E-state index is 0.135. The highest BCUT2D eigenvalue weighted by molar-refractivity contribution is 6.31. The number of halogens is 4. The zero-order valence-electron chi connectivity index (χ0n) is 15.6. The zero-order chi connectivity index (χ0) is 21.0. The van der Waals surface area contributed by atoms with Crippen LogP contribution in [0.4, 0.5) is 8.78 Å². The van der Waals surface area contributed by atoms with Crippen LogP contribution in [0, 0.1) is 11.6 Å². The van der Waals surface area contributed by atoms with Crippen molar-refractivity contribution in [1.82, 2.24) is 9.80 Å². The Balaban J connectivity index is 1.61. The van der Waals surface area contributed by atoms with Gasteiger partial charge in [0, 0.05) is 47.4 Å². The van der Waals surface area contributed by atoms with E-state index in [1.807, 2.05) is 0 Å². The highest BCUT2D eigenvalue weighted by Crippen LogP contribution is 2.22. The summed E-state index contributed by atoms with van der Waals surface area (Å²) in [6.45, 7) is 1.55. The lowest BCUT2D eigenvalue weighted by Gasteiger charge is -2.23. The average Bonchev–Trinajstić information content (AvgIpc) is 2.94. The standard InChI is InChI=1S/C21H20Cl2F2N2O2/c22-16-4-1-6-18(24)14(16)12-20(28)26-8-3-9-27(11-10-26)21(29)13-15-17(23)5-2-7-19(15)25/h1-2,4-7H,3,8-13H2. The molecule has 0 bridgehead atoms. The SMILES string of the molecule is O=C(Cc1c(F)cccc1Cl)N1CCCN(C(=O)Cc2c(F)cccc2Cl)CC1. The molecule has 0 atom stereocenters. The first-order valence-corrected chi connectivity index (χ1v) is 10.0. The summed E-state index contributed by atoms with van der Waals surface area (Å²) in [5.74, 6) is -1.52. The third kappa shape index (κ3) is 5.25. The predicted molar refractivity (Wildman–Crippen MR) is 108 cm³/mol. The summed E-state index contributed by atoms with van der Waals surface area (Å²) in [7, 11) is 0. The molecular weight excluding hydrogens is 421 g/mol. The molecule has 0 radical (unpaired) electrons. The maximum absolute atomic E-state index is 13.9. The molecule has 2 aromatic carbocycles. The number of hydrogen-bond acceptors (Lipinski definition) is 2. The van der Waals surface area contributed by atoms with Crippen LogP contribution < -0.4 is 0 Å². The van der Waals surface area contributed by atoms with E-state index in [0.29, 0.717) is 32.6 Å². The largest absolute Gasteiger partial charge is 0.341 e. The van der Waals surface area contributed by atoms with Gasteiger partial charge in [0.15, 0.2) is 0 Å². The molecule has 0 N–H and O–H groups in total. The number of nitrogens with zero attached hydrogens (tertiary/aromatic N) is 2. The fourth-order valence-corrected chi connectivity index (χ4v) is 3.80. The second kappa shape index (κ2) is 9.55. The minimum atomic E-state index is -0.515. The van der Waals surface area contributed by atoms with Crippen molar-refractivity contribution in [3.63, 3.8) is 0 Å². The first-order chi connectivity index (χ1) is 13.9. The highest BCUT2D eigenvalue weighted by atomic mass is 35.5. The number of carbonyl (C=O) groups is 2. The molecule has 2 amide bonds. The quantitative estimate of drug-likeness (QED) is 0.717. The summed E-state index contributed by atoms with van der Waals surface area (Å²) >= 11 is 12.0. The molecule has 0 aromatic heterocycles. The van der Waals surface area contributed by atoms with Crippen LogP contribution in [0.5, 0.6) is 0 Å². The van der Waals surface area contributed by atoms with Crippen LogP contribution in [0.3, 0.4) is 0 Å². The van der Waals surface area contributed by atoms with E-state index in [1.54, 1.807) is 21.9 Å². The Hall–Kier alpha value is -2.18. The molecule has 29 heavy (non-hydrogen) atoms. The van der Waals surface area contributed by atoms with Crippen molar-refractivity contribution in [2.75, 3.05) is 26.2 Å². The van der Waals surface area contributed by atoms with E-state index in [0.717, 1.165) is 0 Å². The average molecular weight is 441 g/mol. The molecule has 3 rings (SSSR count). The molecule has 0 spiro atoms. The molecule has 154 valence electrons. The van der Waals surface area contributed by atoms with E-state index >= 15 is 0 Å². The first-order valence-electron chi connectivity index (χ1n) is 9.28. The van der Waals surface area contributed by atoms with Crippen LogP contribution in [-0.4, -0.2) is 47.8 Å². The maximum Gasteiger partial charge on any atom is 0.227 e. The van der Waals surface area contributed by atoms with E-state index in [2.05, 4.69) is 0 Å². The van der Waals surface area contributed by atoms with E-state index in [-0.39, 0.29) is 45.8 Å². The Morgan fingerprint density at radius 2 is 1.17 bits per heavy atom. The fraction of sp³-hybridized carbons (Fsp3) is 0.333. The van der Waals surface area contributed by atoms with Gasteiger partial charge in [-0.2, -0.15) is 0 Å². The van der Waals surface area contributed by atoms with Gasteiger partial charge in [0.2, 0.25) is 11.8 Å². The first kappa shape index (κ1) is 21.5. The molecule has 8 heteroatoms. The lowest BCUT2D eigenvalue weighted by atomic mass is 10.1. The van der Waals surface area contributed by atoms with Crippen molar-refractivity contribution in [3.8, 4) is 0 Å². The molecule has 1 saturated heterocycles. The second-order valence-electron chi connectivity index (χ2n) is 6.87. The Kier molecular flexibility index (Phi) is 7.09. The molecule has 1 heterocycles. The van der Waals surface area contributed by atoms with E-state index in [4.69, 9.17) is 23.2 Å². The summed E-state index contributed by atoms with van der Waals surface area (Å²) in [6, 6.07) is 8.61. The van der Waals surface area contributed by atoms with Gasteiger partial charge < -0.3 is 9.80 Å². The van der Waals surface area contributed by atoms with E-state index in [9.17, 15) is 18.4 Å². The highest BCUT2D eigenvalue weighted by Gasteiger charge is 2.24. The lowest BCUT2D eigenvalue weighted by molar-refractivity contribution is -0.132. The third-order valence-electron chi connectivity index (χ3n) is 4.98. The zero-order valence-corrected chi connectivity index (χ0v) is 17.1. The van der Waals surface area contributed by atoms with Crippen molar-refractivity contribution in [2.45, 2.75) is 19.3 Å². The van der Waals surface area contributed by atoms with Crippen molar-refractivity contribution in [3.05, 3.63) is 69.2 Å². The Labute approximate surface area is 178 Å². The summed E-state index contributed by atoms with van der Waals surface area (Å²) < 4.78 is 27.9. The molecule has 0 aliphatic carbocycles. The maximum atomic E-state index is 13.9. The van der Waals surface area contributed by atoms with Gasteiger partial charge in [0.05, 0.1) is 12.8 Å².